The zero-order valence-electron chi connectivity index (χ0n) is 12.7. The van der Waals surface area contributed by atoms with Crippen LogP contribution in [0, 0.1) is 5.92 Å². The summed E-state index contributed by atoms with van der Waals surface area (Å²) in [5, 5.41) is 11.8. The Morgan fingerprint density at radius 1 is 1.33 bits per heavy atom. The third-order valence-electron chi connectivity index (χ3n) is 3.44. The third-order valence-corrected chi connectivity index (χ3v) is 3.44. The fourth-order valence-electron chi connectivity index (χ4n) is 2.13. The number of hydrogen-bond acceptors (Lipinski definition) is 5. The molecule has 2 rings (SSSR count). The van der Waals surface area contributed by atoms with E-state index in [1.807, 2.05) is 20.8 Å². The van der Waals surface area contributed by atoms with Crippen molar-refractivity contribution in [1.29, 1.82) is 0 Å². The molecule has 0 unspecified atom stereocenters. The molecule has 0 saturated carbocycles. The molecule has 2 heterocycles. The Hall–Kier alpha value is -1.89. The maximum Gasteiger partial charge on any atom is 0.327 e. The second-order valence-electron chi connectivity index (χ2n) is 6.29. The van der Waals surface area contributed by atoms with E-state index in [0.717, 1.165) is 25.9 Å². The number of rotatable bonds is 2. The zero-order valence-corrected chi connectivity index (χ0v) is 12.7. The standard InChI is InChI=1S/C14H22N4O3/c1-14(2,3)10-8-11(18-21-10)16-13(20)17-12(19)9-4-6-15-7-5-9/h8-9,15H,4-7H2,1-3H3,(H2,16,17,18,19,20). The molecule has 1 aliphatic rings. The second kappa shape index (κ2) is 6.26. The Morgan fingerprint density at radius 3 is 2.57 bits per heavy atom. The molecule has 7 nitrogen and oxygen atoms in total. The van der Waals surface area contributed by atoms with Crippen LogP contribution in [0.25, 0.3) is 0 Å². The topological polar surface area (TPSA) is 96.3 Å². The van der Waals surface area contributed by atoms with Crippen LogP contribution >= 0.6 is 0 Å². The average molecular weight is 294 g/mol. The van der Waals surface area contributed by atoms with Gasteiger partial charge < -0.3 is 9.84 Å². The van der Waals surface area contributed by atoms with Gasteiger partial charge in [-0.1, -0.05) is 25.9 Å². The number of urea groups is 1. The van der Waals surface area contributed by atoms with Crippen molar-refractivity contribution in [3.05, 3.63) is 11.8 Å². The highest BCUT2D eigenvalue weighted by atomic mass is 16.5. The number of imide groups is 1. The van der Waals surface area contributed by atoms with Crippen LogP contribution in [0.3, 0.4) is 0 Å². The first-order chi connectivity index (χ1) is 9.86. The lowest BCUT2D eigenvalue weighted by molar-refractivity contribution is -0.124. The minimum atomic E-state index is -0.577. The van der Waals surface area contributed by atoms with Crippen molar-refractivity contribution in [2.75, 3.05) is 18.4 Å². The normalized spacial score (nSPS) is 16.5. The summed E-state index contributed by atoms with van der Waals surface area (Å²) in [6.45, 7) is 7.56. The molecule has 0 bridgehead atoms. The molecule has 7 heteroatoms. The van der Waals surface area contributed by atoms with Gasteiger partial charge in [0.25, 0.3) is 0 Å². The van der Waals surface area contributed by atoms with Crippen molar-refractivity contribution in [1.82, 2.24) is 15.8 Å². The SMILES string of the molecule is CC(C)(C)c1cc(NC(=O)NC(=O)C2CCNCC2)no1. The van der Waals surface area contributed by atoms with Gasteiger partial charge in [-0.15, -0.1) is 0 Å². The Kier molecular flexibility index (Phi) is 4.62. The molecule has 0 aromatic carbocycles. The molecular weight excluding hydrogens is 272 g/mol. The van der Waals surface area contributed by atoms with E-state index in [0.29, 0.717) is 11.6 Å². The molecule has 3 amide bonds. The van der Waals surface area contributed by atoms with Crippen molar-refractivity contribution in [3.8, 4) is 0 Å². The smallest absolute Gasteiger partial charge is 0.327 e. The van der Waals surface area contributed by atoms with Gasteiger partial charge in [0.1, 0.15) is 5.76 Å². The zero-order chi connectivity index (χ0) is 15.5. The van der Waals surface area contributed by atoms with Crippen LogP contribution < -0.4 is 16.0 Å². The Morgan fingerprint density at radius 2 is 2.00 bits per heavy atom. The molecule has 1 fully saturated rings. The Bertz CT molecular complexity index is 513. The van der Waals surface area contributed by atoms with E-state index >= 15 is 0 Å². The summed E-state index contributed by atoms with van der Waals surface area (Å²) in [5.41, 5.74) is -0.186. The van der Waals surface area contributed by atoms with E-state index in [4.69, 9.17) is 4.52 Å². The van der Waals surface area contributed by atoms with Crippen LogP contribution in [-0.2, 0) is 10.2 Å². The highest BCUT2D eigenvalue weighted by Crippen LogP contribution is 2.24. The number of piperidine rings is 1. The maximum absolute atomic E-state index is 11.9. The molecule has 1 aliphatic heterocycles. The quantitative estimate of drug-likeness (QED) is 0.770. The Balaban J connectivity index is 1.86. The van der Waals surface area contributed by atoms with Crippen molar-refractivity contribution < 1.29 is 14.1 Å². The van der Waals surface area contributed by atoms with E-state index in [-0.39, 0.29) is 17.2 Å². The molecular formula is C14H22N4O3. The molecule has 1 saturated heterocycles. The first kappa shape index (κ1) is 15.5. The summed E-state index contributed by atoms with van der Waals surface area (Å²) in [6, 6.07) is 1.08. The summed E-state index contributed by atoms with van der Waals surface area (Å²) < 4.78 is 5.17. The lowest BCUT2D eigenvalue weighted by Gasteiger charge is -2.21. The fraction of sp³-hybridized carbons (Fsp3) is 0.643. The van der Waals surface area contributed by atoms with E-state index in [1.54, 1.807) is 6.07 Å². The number of aromatic nitrogens is 1. The van der Waals surface area contributed by atoms with Crippen molar-refractivity contribution in [3.63, 3.8) is 0 Å². The largest absolute Gasteiger partial charge is 0.359 e. The maximum atomic E-state index is 11.9. The van der Waals surface area contributed by atoms with E-state index in [9.17, 15) is 9.59 Å². The van der Waals surface area contributed by atoms with Crippen LogP contribution in [0.15, 0.2) is 10.6 Å². The number of carbonyl (C=O) groups excluding carboxylic acids is 2. The van der Waals surface area contributed by atoms with Crippen molar-refractivity contribution in [2.45, 2.75) is 39.0 Å². The van der Waals surface area contributed by atoms with E-state index < -0.39 is 6.03 Å². The summed E-state index contributed by atoms with van der Waals surface area (Å²) >= 11 is 0. The first-order valence-electron chi connectivity index (χ1n) is 7.16. The number of hydrogen-bond donors (Lipinski definition) is 3. The van der Waals surface area contributed by atoms with Crippen molar-refractivity contribution in [2.24, 2.45) is 5.92 Å². The molecule has 0 atom stereocenters. The van der Waals surface area contributed by atoms with Gasteiger partial charge in [0.15, 0.2) is 5.82 Å². The molecule has 116 valence electrons. The summed E-state index contributed by atoms with van der Waals surface area (Å²) in [5.74, 6) is 0.617. The lowest BCUT2D eigenvalue weighted by atomic mass is 9.93. The van der Waals surface area contributed by atoms with Gasteiger partial charge in [0.2, 0.25) is 5.91 Å². The number of carbonyl (C=O) groups is 2. The molecule has 1 aromatic heterocycles. The molecule has 21 heavy (non-hydrogen) atoms. The molecule has 0 spiro atoms. The van der Waals surface area contributed by atoms with E-state index in [2.05, 4.69) is 21.1 Å². The predicted molar refractivity (Wildman–Crippen MR) is 78.0 cm³/mol. The second-order valence-corrected chi connectivity index (χ2v) is 6.29. The molecule has 0 radical (unpaired) electrons. The van der Waals surface area contributed by atoms with Gasteiger partial charge in [0, 0.05) is 17.4 Å². The molecule has 3 N–H and O–H groups in total. The van der Waals surface area contributed by atoms with Gasteiger partial charge >= 0.3 is 6.03 Å². The lowest BCUT2D eigenvalue weighted by Crippen LogP contribution is -2.42. The average Bonchev–Trinajstić information content (AvgIpc) is 2.88. The number of amides is 3. The van der Waals surface area contributed by atoms with Crippen LogP contribution in [0.5, 0.6) is 0 Å². The minimum Gasteiger partial charge on any atom is -0.359 e. The summed E-state index contributed by atoms with van der Waals surface area (Å²) in [6.07, 6.45) is 1.49. The van der Waals surface area contributed by atoms with Crippen LogP contribution in [-0.4, -0.2) is 30.2 Å². The van der Waals surface area contributed by atoms with Gasteiger partial charge in [-0.3, -0.25) is 15.4 Å². The third kappa shape index (κ3) is 4.29. The van der Waals surface area contributed by atoms with Gasteiger partial charge in [-0.25, -0.2) is 4.79 Å². The molecule has 1 aromatic rings. The number of anilines is 1. The highest BCUT2D eigenvalue weighted by molar-refractivity contribution is 6.01. The first-order valence-corrected chi connectivity index (χ1v) is 7.16. The van der Waals surface area contributed by atoms with E-state index in [1.165, 1.54) is 0 Å². The monoisotopic (exact) mass is 294 g/mol. The van der Waals surface area contributed by atoms with Crippen LogP contribution in [0.2, 0.25) is 0 Å². The fourth-order valence-corrected chi connectivity index (χ4v) is 2.13. The summed E-state index contributed by atoms with van der Waals surface area (Å²) in [4.78, 5) is 23.7. The minimum absolute atomic E-state index is 0.112. The van der Waals surface area contributed by atoms with Gasteiger partial charge in [0.05, 0.1) is 0 Å². The highest BCUT2D eigenvalue weighted by Gasteiger charge is 2.24. The van der Waals surface area contributed by atoms with Crippen LogP contribution in [0.1, 0.15) is 39.4 Å². The van der Waals surface area contributed by atoms with Gasteiger partial charge in [-0.05, 0) is 25.9 Å². The van der Waals surface area contributed by atoms with Crippen molar-refractivity contribution >= 4 is 17.8 Å². The van der Waals surface area contributed by atoms with Crippen LogP contribution in [0.4, 0.5) is 10.6 Å². The predicted octanol–water partition coefficient (Wildman–Crippen LogP) is 1.62. The molecule has 0 aliphatic carbocycles. The number of nitrogens with zero attached hydrogens (tertiary/aromatic N) is 1. The number of nitrogens with one attached hydrogen (secondary N) is 3. The van der Waals surface area contributed by atoms with Gasteiger partial charge in [-0.2, -0.15) is 0 Å². The summed E-state index contributed by atoms with van der Waals surface area (Å²) in [7, 11) is 0. The Labute approximate surface area is 123 Å².